The predicted octanol–water partition coefficient (Wildman–Crippen LogP) is 5.64. The average Bonchev–Trinajstić information content (AvgIpc) is 2.86. The summed E-state index contributed by atoms with van der Waals surface area (Å²) in [7, 11) is 1.34. The van der Waals surface area contributed by atoms with E-state index in [4.69, 9.17) is 4.74 Å². The first-order valence-corrected chi connectivity index (χ1v) is 12.5. The minimum Gasteiger partial charge on any atom is -0.467 e. The molecule has 1 amide bonds. The van der Waals surface area contributed by atoms with E-state index in [2.05, 4.69) is 16.4 Å². The maximum absolute atomic E-state index is 13.3. The van der Waals surface area contributed by atoms with Crippen LogP contribution in [0.15, 0.2) is 67.0 Å². The summed E-state index contributed by atoms with van der Waals surface area (Å²) in [4.78, 5) is 29.8. The highest BCUT2D eigenvalue weighted by Crippen LogP contribution is 2.30. The van der Waals surface area contributed by atoms with Crippen molar-refractivity contribution < 1.29 is 14.3 Å². The summed E-state index contributed by atoms with van der Waals surface area (Å²) in [5, 5.41) is 2.88. The number of pyridine rings is 1. The van der Waals surface area contributed by atoms with E-state index in [1.54, 1.807) is 18.0 Å². The third kappa shape index (κ3) is 6.35. The fourth-order valence-electron chi connectivity index (χ4n) is 3.74. The first kappa shape index (κ1) is 25.2. The van der Waals surface area contributed by atoms with Gasteiger partial charge in [-0.3, -0.25) is 9.78 Å². The number of carbonyl (C=O) groups is 2. The molecule has 6 heteroatoms. The second-order valence-electron chi connectivity index (χ2n) is 8.02. The van der Waals surface area contributed by atoms with Gasteiger partial charge in [0.2, 0.25) is 0 Å². The van der Waals surface area contributed by atoms with Gasteiger partial charge < -0.3 is 10.1 Å². The number of thioether (sulfide) groups is 1. The molecule has 5 nitrogen and oxygen atoms in total. The number of amides is 1. The van der Waals surface area contributed by atoms with E-state index < -0.39 is 12.0 Å². The molecule has 3 aromatic rings. The number of allylic oxidation sites excluding steroid dienone is 1. The SMILES string of the molecule is COC(=O)C(CCSC)NC(=O)c1ccc(/C=C(\C)c2cccnc2)cc1-c1ccccc1C. The number of rotatable bonds is 9. The van der Waals surface area contributed by atoms with Crippen molar-refractivity contribution in [1.29, 1.82) is 0 Å². The lowest BCUT2D eigenvalue weighted by Crippen LogP contribution is -2.42. The van der Waals surface area contributed by atoms with Crippen molar-refractivity contribution in [3.05, 3.63) is 89.2 Å². The van der Waals surface area contributed by atoms with E-state index in [1.165, 1.54) is 7.11 Å². The van der Waals surface area contributed by atoms with Crippen LogP contribution in [0.4, 0.5) is 0 Å². The zero-order valence-electron chi connectivity index (χ0n) is 20.0. The van der Waals surface area contributed by atoms with E-state index in [1.807, 2.05) is 80.9 Å². The van der Waals surface area contributed by atoms with Crippen LogP contribution in [0.3, 0.4) is 0 Å². The van der Waals surface area contributed by atoms with Crippen LogP contribution in [-0.4, -0.2) is 42.0 Å². The third-order valence-electron chi connectivity index (χ3n) is 5.63. The maximum Gasteiger partial charge on any atom is 0.328 e. The Kier molecular flexibility index (Phi) is 9.05. The first-order chi connectivity index (χ1) is 16.4. The monoisotopic (exact) mass is 474 g/mol. The fourth-order valence-corrected chi connectivity index (χ4v) is 4.21. The van der Waals surface area contributed by atoms with E-state index in [-0.39, 0.29) is 5.91 Å². The van der Waals surface area contributed by atoms with Crippen LogP contribution in [-0.2, 0) is 9.53 Å². The van der Waals surface area contributed by atoms with Crippen molar-refractivity contribution in [1.82, 2.24) is 10.3 Å². The number of ether oxygens (including phenoxy) is 1. The number of carbonyl (C=O) groups excluding carboxylic acids is 2. The van der Waals surface area contributed by atoms with Gasteiger partial charge in [-0.15, -0.1) is 0 Å². The van der Waals surface area contributed by atoms with Crippen LogP contribution in [0.1, 0.15) is 40.4 Å². The molecular formula is C28H30N2O3S. The molecule has 1 heterocycles. The van der Waals surface area contributed by atoms with Crippen LogP contribution in [0.5, 0.6) is 0 Å². The van der Waals surface area contributed by atoms with Crippen LogP contribution in [0, 0.1) is 6.92 Å². The lowest BCUT2D eigenvalue weighted by atomic mass is 9.93. The molecule has 0 spiro atoms. The Bertz CT molecular complexity index is 1180. The fraction of sp³-hybridized carbons (Fsp3) is 0.250. The van der Waals surface area contributed by atoms with Crippen molar-refractivity contribution in [3.63, 3.8) is 0 Å². The summed E-state index contributed by atoms with van der Waals surface area (Å²) in [6.45, 7) is 4.06. The van der Waals surface area contributed by atoms with Gasteiger partial charge in [-0.1, -0.05) is 42.5 Å². The molecule has 0 bridgehead atoms. The molecule has 0 aliphatic heterocycles. The van der Waals surface area contributed by atoms with Crippen LogP contribution < -0.4 is 5.32 Å². The molecule has 1 N–H and O–H groups in total. The van der Waals surface area contributed by atoms with E-state index in [0.717, 1.165) is 39.1 Å². The summed E-state index contributed by atoms with van der Waals surface area (Å²) in [5.74, 6) is 0.00273. The van der Waals surface area contributed by atoms with Crippen LogP contribution in [0.25, 0.3) is 22.8 Å². The number of hydrogen-bond acceptors (Lipinski definition) is 5. The molecule has 0 radical (unpaired) electrons. The lowest BCUT2D eigenvalue weighted by molar-refractivity contribution is -0.142. The summed E-state index contributed by atoms with van der Waals surface area (Å²) in [5.41, 5.74) is 6.46. The first-order valence-electron chi connectivity index (χ1n) is 11.1. The number of esters is 1. The number of nitrogens with one attached hydrogen (secondary N) is 1. The Morgan fingerprint density at radius 3 is 2.59 bits per heavy atom. The minimum atomic E-state index is -0.693. The number of aryl methyl sites for hydroxylation is 1. The van der Waals surface area contributed by atoms with E-state index in [0.29, 0.717) is 12.0 Å². The largest absolute Gasteiger partial charge is 0.467 e. The summed E-state index contributed by atoms with van der Waals surface area (Å²) < 4.78 is 4.91. The zero-order valence-corrected chi connectivity index (χ0v) is 20.8. The normalized spacial score (nSPS) is 12.2. The van der Waals surface area contributed by atoms with Gasteiger partial charge in [-0.05, 0) is 83.9 Å². The van der Waals surface area contributed by atoms with Gasteiger partial charge in [0.25, 0.3) is 5.91 Å². The Balaban J connectivity index is 2.02. The van der Waals surface area contributed by atoms with Crippen LogP contribution >= 0.6 is 11.8 Å². The number of benzene rings is 2. The number of aromatic nitrogens is 1. The van der Waals surface area contributed by atoms with Gasteiger partial charge in [0, 0.05) is 18.0 Å². The Morgan fingerprint density at radius 1 is 1.12 bits per heavy atom. The number of hydrogen-bond donors (Lipinski definition) is 1. The highest BCUT2D eigenvalue weighted by atomic mass is 32.2. The Morgan fingerprint density at radius 2 is 1.91 bits per heavy atom. The second-order valence-corrected chi connectivity index (χ2v) is 9.01. The molecule has 1 aromatic heterocycles. The molecule has 0 saturated heterocycles. The number of nitrogens with zero attached hydrogens (tertiary/aromatic N) is 1. The topological polar surface area (TPSA) is 68.3 Å². The van der Waals surface area contributed by atoms with Crippen LogP contribution in [0.2, 0.25) is 0 Å². The number of methoxy groups -OCH3 is 1. The predicted molar refractivity (Wildman–Crippen MR) is 141 cm³/mol. The Labute approximate surface area is 205 Å². The molecule has 1 atom stereocenters. The maximum atomic E-state index is 13.3. The Hall–Kier alpha value is -3.38. The van der Waals surface area contributed by atoms with Crippen molar-refractivity contribution in [2.24, 2.45) is 0 Å². The standard InChI is InChI=1S/C28H30N2O3S/c1-19-8-5-6-10-23(19)25-17-21(16-20(2)22-9-7-14-29-18-22)11-12-24(25)27(31)30-26(13-15-34-4)28(32)33-3/h5-12,14,16-18,26H,13,15H2,1-4H3,(H,30,31)/b20-16+. The molecule has 3 rings (SSSR count). The summed E-state index contributed by atoms with van der Waals surface area (Å²) in [6.07, 6.45) is 8.13. The highest BCUT2D eigenvalue weighted by molar-refractivity contribution is 7.98. The molecular weight excluding hydrogens is 444 g/mol. The molecule has 0 aliphatic carbocycles. The molecule has 0 aliphatic rings. The summed E-state index contributed by atoms with van der Waals surface area (Å²) in [6, 6.07) is 17.0. The molecule has 0 fully saturated rings. The van der Waals surface area contributed by atoms with Gasteiger partial charge >= 0.3 is 5.97 Å². The van der Waals surface area contributed by atoms with Gasteiger partial charge in [-0.2, -0.15) is 11.8 Å². The average molecular weight is 475 g/mol. The molecule has 0 saturated carbocycles. The summed E-state index contributed by atoms with van der Waals surface area (Å²) >= 11 is 1.62. The van der Waals surface area contributed by atoms with Gasteiger partial charge in [-0.25, -0.2) is 4.79 Å². The van der Waals surface area contributed by atoms with Crippen molar-refractivity contribution in [3.8, 4) is 11.1 Å². The van der Waals surface area contributed by atoms with Gasteiger partial charge in [0.05, 0.1) is 7.11 Å². The van der Waals surface area contributed by atoms with Gasteiger partial charge in [0.1, 0.15) is 6.04 Å². The molecule has 1 unspecified atom stereocenters. The van der Waals surface area contributed by atoms with Crippen molar-refractivity contribution in [2.75, 3.05) is 19.1 Å². The van der Waals surface area contributed by atoms with E-state index >= 15 is 0 Å². The molecule has 176 valence electrons. The van der Waals surface area contributed by atoms with E-state index in [9.17, 15) is 9.59 Å². The smallest absolute Gasteiger partial charge is 0.328 e. The quantitative estimate of drug-likeness (QED) is 0.406. The second kappa shape index (κ2) is 12.2. The molecule has 34 heavy (non-hydrogen) atoms. The van der Waals surface area contributed by atoms with Crippen molar-refractivity contribution >= 4 is 35.3 Å². The molecule has 2 aromatic carbocycles. The van der Waals surface area contributed by atoms with Crippen molar-refractivity contribution in [2.45, 2.75) is 26.3 Å². The third-order valence-corrected chi connectivity index (χ3v) is 6.27. The highest BCUT2D eigenvalue weighted by Gasteiger charge is 2.23. The minimum absolute atomic E-state index is 0.297. The lowest BCUT2D eigenvalue weighted by Gasteiger charge is -2.18. The zero-order chi connectivity index (χ0) is 24.5. The van der Waals surface area contributed by atoms with Gasteiger partial charge in [0.15, 0.2) is 0 Å².